The van der Waals surface area contributed by atoms with Crippen molar-refractivity contribution in [2.75, 3.05) is 0 Å². The SMILES string of the molecule is CCC1=NC(=Cc2c(O)n(-c3ccc(Oc4ccccc4)cc3)c(=S)[nH]c2=O)C=N1. The maximum atomic E-state index is 12.4. The summed E-state index contributed by atoms with van der Waals surface area (Å²) in [7, 11) is 0. The molecule has 4 rings (SSSR count). The summed E-state index contributed by atoms with van der Waals surface area (Å²) in [6.07, 6.45) is 3.72. The van der Waals surface area contributed by atoms with Crippen LogP contribution in [0, 0.1) is 4.77 Å². The van der Waals surface area contributed by atoms with Gasteiger partial charge in [0.2, 0.25) is 5.88 Å². The van der Waals surface area contributed by atoms with Crippen LogP contribution in [0.1, 0.15) is 18.9 Å². The van der Waals surface area contributed by atoms with Crippen LogP contribution in [0.25, 0.3) is 11.8 Å². The summed E-state index contributed by atoms with van der Waals surface area (Å²) in [6, 6.07) is 16.4. The normalized spacial score (nSPS) is 14.2. The number of aliphatic imine (C=N–C) groups is 2. The maximum absolute atomic E-state index is 12.4. The largest absolute Gasteiger partial charge is 0.494 e. The zero-order valence-electron chi connectivity index (χ0n) is 16.1. The summed E-state index contributed by atoms with van der Waals surface area (Å²) >= 11 is 5.27. The summed E-state index contributed by atoms with van der Waals surface area (Å²) < 4.78 is 7.25. The minimum Gasteiger partial charge on any atom is -0.494 e. The highest BCUT2D eigenvalue weighted by atomic mass is 32.1. The van der Waals surface area contributed by atoms with Crippen LogP contribution in [0.15, 0.2) is 75.1 Å². The van der Waals surface area contributed by atoms with E-state index in [9.17, 15) is 9.90 Å². The van der Waals surface area contributed by atoms with Gasteiger partial charge >= 0.3 is 0 Å². The number of aromatic nitrogens is 2. The Balaban J connectivity index is 1.70. The van der Waals surface area contributed by atoms with E-state index in [1.54, 1.807) is 30.5 Å². The molecule has 0 atom stereocenters. The van der Waals surface area contributed by atoms with Gasteiger partial charge in [-0.15, -0.1) is 0 Å². The monoisotopic (exact) mass is 418 g/mol. The third-order valence-corrected chi connectivity index (χ3v) is 4.69. The molecular formula is C22H18N4O3S. The van der Waals surface area contributed by atoms with Gasteiger partial charge in [-0.1, -0.05) is 25.1 Å². The molecule has 8 heteroatoms. The first-order valence-electron chi connectivity index (χ1n) is 9.30. The second-order valence-electron chi connectivity index (χ2n) is 6.45. The molecule has 1 aliphatic rings. The number of amidine groups is 1. The van der Waals surface area contributed by atoms with Gasteiger partial charge in [0.05, 0.1) is 17.6 Å². The Hall–Kier alpha value is -3.78. The molecule has 2 heterocycles. The lowest BCUT2D eigenvalue weighted by Crippen LogP contribution is -2.16. The summed E-state index contributed by atoms with van der Waals surface area (Å²) in [5, 5.41) is 10.8. The standard InChI is InChI=1S/C22H18N4O3S/c1-2-19-23-13-14(24-19)12-18-20(27)25-22(30)26(21(18)28)15-8-10-17(11-9-15)29-16-6-4-3-5-7-16/h3-13,28H,2H2,1H3,(H,25,27,30). The highest BCUT2D eigenvalue weighted by molar-refractivity contribution is 7.71. The number of rotatable bonds is 5. The van der Waals surface area contributed by atoms with E-state index in [4.69, 9.17) is 17.0 Å². The molecule has 2 N–H and O–H groups in total. The maximum Gasteiger partial charge on any atom is 0.262 e. The average Bonchev–Trinajstić information content (AvgIpc) is 3.21. The Morgan fingerprint density at radius 2 is 1.83 bits per heavy atom. The Bertz CT molecular complexity index is 1290. The second-order valence-corrected chi connectivity index (χ2v) is 6.84. The number of hydrogen-bond donors (Lipinski definition) is 2. The zero-order valence-corrected chi connectivity index (χ0v) is 16.9. The number of nitrogens with zero attached hydrogens (tertiary/aromatic N) is 3. The highest BCUT2D eigenvalue weighted by Gasteiger charge is 2.14. The zero-order chi connectivity index (χ0) is 21.1. The van der Waals surface area contributed by atoms with Gasteiger partial charge in [-0.3, -0.25) is 14.3 Å². The van der Waals surface area contributed by atoms with Crippen molar-refractivity contribution in [3.8, 4) is 23.1 Å². The van der Waals surface area contributed by atoms with Gasteiger partial charge in [0, 0.05) is 6.42 Å². The van der Waals surface area contributed by atoms with E-state index in [2.05, 4.69) is 15.0 Å². The van der Waals surface area contributed by atoms with Crippen molar-refractivity contribution in [1.82, 2.24) is 9.55 Å². The molecule has 7 nitrogen and oxygen atoms in total. The minimum atomic E-state index is -0.501. The number of nitrogens with one attached hydrogen (secondary N) is 1. The molecule has 1 aliphatic heterocycles. The fraction of sp³-hybridized carbons (Fsp3) is 0.0909. The Morgan fingerprint density at radius 1 is 1.13 bits per heavy atom. The molecule has 0 unspecified atom stereocenters. The fourth-order valence-corrected chi connectivity index (χ4v) is 3.22. The minimum absolute atomic E-state index is 0.0516. The summed E-state index contributed by atoms with van der Waals surface area (Å²) in [5.74, 6) is 1.74. The molecule has 0 radical (unpaired) electrons. The Morgan fingerprint density at radius 3 is 2.50 bits per heavy atom. The van der Waals surface area contributed by atoms with Crippen molar-refractivity contribution in [3.05, 3.63) is 81.0 Å². The van der Waals surface area contributed by atoms with Crippen molar-refractivity contribution >= 4 is 30.3 Å². The molecule has 0 saturated carbocycles. The van der Waals surface area contributed by atoms with Gasteiger partial charge in [-0.05, 0) is 54.7 Å². The van der Waals surface area contributed by atoms with Crippen LogP contribution < -0.4 is 10.3 Å². The van der Waals surface area contributed by atoms with Crippen LogP contribution in [-0.2, 0) is 0 Å². The number of allylic oxidation sites excluding steroid dienone is 1. The molecule has 1 aromatic heterocycles. The van der Waals surface area contributed by atoms with Gasteiger partial charge in [-0.25, -0.2) is 9.98 Å². The molecular weight excluding hydrogens is 400 g/mol. The number of para-hydroxylation sites is 1. The van der Waals surface area contributed by atoms with E-state index in [-0.39, 0.29) is 16.2 Å². The molecule has 0 aliphatic carbocycles. The predicted octanol–water partition coefficient (Wildman–Crippen LogP) is 4.63. The van der Waals surface area contributed by atoms with Crippen molar-refractivity contribution < 1.29 is 9.84 Å². The van der Waals surface area contributed by atoms with Crippen molar-refractivity contribution in [3.63, 3.8) is 0 Å². The van der Waals surface area contributed by atoms with Crippen molar-refractivity contribution in [2.45, 2.75) is 13.3 Å². The third kappa shape index (κ3) is 3.99. The average molecular weight is 418 g/mol. The molecule has 0 bridgehead atoms. The number of aromatic hydroxyl groups is 1. The number of hydrogen-bond acceptors (Lipinski definition) is 6. The lowest BCUT2D eigenvalue weighted by atomic mass is 10.2. The summed E-state index contributed by atoms with van der Waals surface area (Å²) in [6.45, 7) is 1.94. The van der Waals surface area contributed by atoms with E-state index in [1.165, 1.54) is 10.6 Å². The molecule has 150 valence electrons. The molecule has 0 amide bonds. The van der Waals surface area contributed by atoms with Crippen LogP contribution in [0.2, 0.25) is 0 Å². The van der Waals surface area contributed by atoms with Crippen molar-refractivity contribution in [2.24, 2.45) is 9.98 Å². The third-order valence-electron chi connectivity index (χ3n) is 4.41. The van der Waals surface area contributed by atoms with Gasteiger partial charge in [0.25, 0.3) is 5.56 Å². The molecule has 30 heavy (non-hydrogen) atoms. The van der Waals surface area contributed by atoms with Crippen LogP contribution >= 0.6 is 12.2 Å². The summed E-state index contributed by atoms with van der Waals surface area (Å²) in [5.41, 5.74) is 0.615. The van der Waals surface area contributed by atoms with Gasteiger partial charge < -0.3 is 9.84 Å². The molecule has 2 aromatic carbocycles. The van der Waals surface area contributed by atoms with E-state index in [0.29, 0.717) is 35.1 Å². The second kappa shape index (κ2) is 8.30. The molecule has 3 aromatic rings. The van der Waals surface area contributed by atoms with Gasteiger partial charge in [0.15, 0.2) is 4.77 Å². The van der Waals surface area contributed by atoms with Crippen LogP contribution in [0.5, 0.6) is 17.4 Å². The number of H-pyrrole nitrogens is 1. The van der Waals surface area contributed by atoms with E-state index in [1.807, 2.05) is 37.3 Å². The van der Waals surface area contributed by atoms with Gasteiger partial charge in [0.1, 0.15) is 22.9 Å². The number of aromatic amines is 1. The number of benzene rings is 2. The lowest BCUT2D eigenvalue weighted by molar-refractivity contribution is 0.431. The molecule has 0 spiro atoms. The topological polar surface area (TPSA) is 92.0 Å². The van der Waals surface area contributed by atoms with Gasteiger partial charge in [-0.2, -0.15) is 0 Å². The van der Waals surface area contributed by atoms with E-state index < -0.39 is 5.56 Å². The van der Waals surface area contributed by atoms with Crippen LogP contribution in [-0.4, -0.2) is 26.7 Å². The quantitative estimate of drug-likeness (QED) is 0.591. The smallest absolute Gasteiger partial charge is 0.262 e. The van der Waals surface area contributed by atoms with Crippen LogP contribution in [0.4, 0.5) is 0 Å². The lowest BCUT2D eigenvalue weighted by Gasteiger charge is -2.12. The molecule has 0 saturated heterocycles. The van der Waals surface area contributed by atoms with Crippen LogP contribution in [0.3, 0.4) is 0 Å². The van der Waals surface area contributed by atoms with Crippen molar-refractivity contribution in [1.29, 1.82) is 0 Å². The first kappa shape index (κ1) is 19.5. The summed E-state index contributed by atoms with van der Waals surface area (Å²) in [4.78, 5) is 23.4. The predicted molar refractivity (Wildman–Crippen MR) is 120 cm³/mol. The van der Waals surface area contributed by atoms with E-state index in [0.717, 1.165) is 0 Å². The molecule has 0 fully saturated rings. The highest BCUT2D eigenvalue weighted by Crippen LogP contribution is 2.26. The first-order chi connectivity index (χ1) is 14.5. The number of ether oxygens (including phenoxy) is 1. The Labute approximate surface area is 177 Å². The Kier molecular flexibility index (Phi) is 5.40. The van der Waals surface area contributed by atoms with E-state index >= 15 is 0 Å². The first-order valence-corrected chi connectivity index (χ1v) is 9.71. The fourth-order valence-electron chi connectivity index (χ4n) is 2.93.